The number of aliphatic hydroxyl groups is 1. The van der Waals surface area contributed by atoms with Crippen LogP contribution in [-0.2, 0) is 0 Å². The standard InChI is InChI=1S/C3H5NOS.Na.H/c1-3(5)6-2-4;;/h3,5H,1H3;;. The molecule has 0 heterocycles. The van der Waals surface area contributed by atoms with Crippen molar-refractivity contribution in [2.45, 2.75) is 12.4 Å². The van der Waals surface area contributed by atoms with E-state index in [9.17, 15) is 0 Å². The Morgan fingerprint density at radius 2 is 2.29 bits per heavy atom. The summed E-state index contributed by atoms with van der Waals surface area (Å²) in [6, 6.07) is 0. The summed E-state index contributed by atoms with van der Waals surface area (Å²) < 4.78 is 0. The van der Waals surface area contributed by atoms with Crippen molar-refractivity contribution in [2.24, 2.45) is 0 Å². The summed E-state index contributed by atoms with van der Waals surface area (Å²) in [6.45, 7) is 1.55. The van der Waals surface area contributed by atoms with Gasteiger partial charge in [-0.25, -0.2) is 0 Å². The predicted octanol–water partition coefficient (Wildman–Crippen LogP) is -0.110. The molecule has 0 bridgehead atoms. The molecule has 0 saturated carbocycles. The van der Waals surface area contributed by atoms with Gasteiger partial charge in [-0.15, -0.1) is 0 Å². The van der Waals surface area contributed by atoms with Crippen LogP contribution < -0.4 is 0 Å². The molecule has 36 valence electrons. The van der Waals surface area contributed by atoms with Crippen LogP contribution in [0.5, 0.6) is 0 Å². The van der Waals surface area contributed by atoms with Gasteiger partial charge in [0.15, 0.2) is 0 Å². The van der Waals surface area contributed by atoms with E-state index in [1.165, 1.54) is 0 Å². The first kappa shape index (κ1) is 10.7. The van der Waals surface area contributed by atoms with Crippen molar-refractivity contribution < 1.29 is 5.11 Å². The molecule has 0 fully saturated rings. The number of nitriles is 1. The first-order valence-electron chi connectivity index (χ1n) is 1.50. The summed E-state index contributed by atoms with van der Waals surface area (Å²) >= 11 is 0.847. The van der Waals surface area contributed by atoms with Gasteiger partial charge >= 0.3 is 29.6 Å². The van der Waals surface area contributed by atoms with E-state index in [0.29, 0.717) is 0 Å². The number of aliphatic hydroxyl groups excluding tert-OH is 1. The van der Waals surface area contributed by atoms with Gasteiger partial charge < -0.3 is 5.11 Å². The van der Waals surface area contributed by atoms with Gasteiger partial charge in [0, 0.05) is 0 Å². The molecule has 0 aromatic carbocycles. The third kappa shape index (κ3) is 10.8. The van der Waals surface area contributed by atoms with Crippen molar-refractivity contribution in [3.05, 3.63) is 0 Å². The fourth-order valence-corrected chi connectivity index (χ4v) is 0.229. The van der Waals surface area contributed by atoms with Crippen LogP contribution in [0.25, 0.3) is 0 Å². The predicted molar refractivity (Wildman–Crippen MR) is 32.0 cm³/mol. The van der Waals surface area contributed by atoms with Gasteiger partial charge in [-0.05, 0) is 18.7 Å². The third-order valence-corrected chi connectivity index (χ3v) is 0.670. The zero-order valence-electron chi connectivity index (χ0n) is 3.38. The molecule has 0 aromatic rings. The topological polar surface area (TPSA) is 44.0 Å². The molecule has 1 unspecified atom stereocenters. The Labute approximate surface area is 69.2 Å². The molecule has 2 nitrogen and oxygen atoms in total. The number of hydrogen-bond donors (Lipinski definition) is 1. The summed E-state index contributed by atoms with van der Waals surface area (Å²) in [4.78, 5) is 0. The van der Waals surface area contributed by atoms with Crippen LogP contribution >= 0.6 is 11.8 Å². The molecule has 0 radical (unpaired) electrons. The van der Waals surface area contributed by atoms with E-state index in [4.69, 9.17) is 10.4 Å². The molecule has 1 atom stereocenters. The molecule has 0 rings (SSSR count). The fourth-order valence-electron chi connectivity index (χ4n) is 0.0763. The normalized spacial score (nSPS) is 11.0. The zero-order chi connectivity index (χ0) is 4.99. The maximum absolute atomic E-state index is 8.29. The van der Waals surface area contributed by atoms with E-state index in [2.05, 4.69) is 0 Å². The van der Waals surface area contributed by atoms with Gasteiger partial charge in [-0.3, -0.25) is 0 Å². The van der Waals surface area contributed by atoms with E-state index < -0.39 is 5.44 Å². The van der Waals surface area contributed by atoms with Crippen molar-refractivity contribution >= 4 is 41.3 Å². The quantitative estimate of drug-likeness (QED) is 0.303. The van der Waals surface area contributed by atoms with Crippen molar-refractivity contribution in [3.8, 4) is 5.40 Å². The molecule has 0 aromatic heterocycles. The van der Waals surface area contributed by atoms with Crippen molar-refractivity contribution in [2.75, 3.05) is 0 Å². The SMILES string of the molecule is CC(O)SC#N.[NaH]. The summed E-state index contributed by atoms with van der Waals surface area (Å²) in [5.74, 6) is 0. The first-order valence-corrected chi connectivity index (χ1v) is 2.38. The molecular formula is C3H6NNaOS. The van der Waals surface area contributed by atoms with Crippen LogP contribution in [0, 0.1) is 10.7 Å². The summed E-state index contributed by atoms with van der Waals surface area (Å²) in [5, 5.41) is 17.8. The van der Waals surface area contributed by atoms with E-state index in [1.807, 2.05) is 0 Å². The molecule has 0 aliphatic rings. The number of hydrogen-bond acceptors (Lipinski definition) is 3. The van der Waals surface area contributed by atoms with Gasteiger partial charge in [0.1, 0.15) is 10.8 Å². The van der Waals surface area contributed by atoms with Crippen molar-refractivity contribution in [1.29, 1.82) is 5.26 Å². The Hall–Kier alpha value is 0.800. The molecule has 0 aliphatic heterocycles. The summed E-state index contributed by atoms with van der Waals surface area (Å²) in [7, 11) is 0. The van der Waals surface area contributed by atoms with Gasteiger partial charge in [0.25, 0.3) is 0 Å². The minimum atomic E-state index is -0.546. The van der Waals surface area contributed by atoms with E-state index in [-0.39, 0.29) is 29.6 Å². The molecule has 7 heavy (non-hydrogen) atoms. The minimum absolute atomic E-state index is 0. The Kier molecular flexibility index (Phi) is 10.4. The van der Waals surface area contributed by atoms with E-state index in [1.54, 1.807) is 12.3 Å². The number of thioether (sulfide) groups is 1. The molecular weight excluding hydrogens is 121 g/mol. The molecule has 0 aliphatic carbocycles. The second-order valence-corrected chi connectivity index (χ2v) is 1.91. The molecule has 0 saturated heterocycles. The number of rotatable bonds is 1. The van der Waals surface area contributed by atoms with Crippen molar-refractivity contribution in [1.82, 2.24) is 0 Å². The van der Waals surface area contributed by atoms with Crippen LogP contribution in [0.3, 0.4) is 0 Å². The van der Waals surface area contributed by atoms with Crippen molar-refractivity contribution in [3.63, 3.8) is 0 Å². The number of thiocyanates is 1. The Morgan fingerprint density at radius 3 is 2.29 bits per heavy atom. The third-order valence-electron chi connectivity index (χ3n) is 0.223. The maximum atomic E-state index is 8.29. The first-order chi connectivity index (χ1) is 2.77. The average Bonchev–Trinajstić information content (AvgIpc) is 1.35. The fraction of sp³-hybridized carbons (Fsp3) is 0.667. The monoisotopic (exact) mass is 127 g/mol. The summed E-state index contributed by atoms with van der Waals surface area (Å²) in [5.41, 5.74) is -0.546. The Morgan fingerprint density at radius 1 is 1.86 bits per heavy atom. The molecule has 4 heteroatoms. The van der Waals surface area contributed by atoms with Gasteiger partial charge in [0.05, 0.1) is 0 Å². The Balaban J connectivity index is 0. The second-order valence-electron chi connectivity index (χ2n) is 0.808. The number of nitrogens with zero attached hydrogens (tertiary/aromatic N) is 1. The Bertz CT molecular complexity index is 69.8. The molecule has 0 amide bonds. The average molecular weight is 127 g/mol. The molecule has 1 N–H and O–H groups in total. The van der Waals surface area contributed by atoms with Crippen LogP contribution in [0.1, 0.15) is 6.92 Å². The van der Waals surface area contributed by atoms with Crippen LogP contribution in [-0.4, -0.2) is 40.1 Å². The van der Waals surface area contributed by atoms with Crippen LogP contribution in [0.15, 0.2) is 0 Å². The van der Waals surface area contributed by atoms with Crippen LogP contribution in [0.4, 0.5) is 0 Å². The van der Waals surface area contributed by atoms with Crippen LogP contribution in [0.2, 0.25) is 0 Å². The van der Waals surface area contributed by atoms with E-state index in [0.717, 1.165) is 11.8 Å². The van der Waals surface area contributed by atoms with Gasteiger partial charge in [-0.1, -0.05) is 0 Å². The van der Waals surface area contributed by atoms with E-state index >= 15 is 0 Å². The van der Waals surface area contributed by atoms with Gasteiger partial charge in [-0.2, -0.15) is 5.26 Å². The second kappa shape index (κ2) is 6.80. The molecule has 0 spiro atoms. The van der Waals surface area contributed by atoms with Gasteiger partial charge in [0.2, 0.25) is 0 Å². The summed E-state index contributed by atoms with van der Waals surface area (Å²) in [6.07, 6.45) is 0. The zero-order valence-corrected chi connectivity index (χ0v) is 4.20.